The van der Waals surface area contributed by atoms with E-state index in [0.717, 1.165) is 21.6 Å². The van der Waals surface area contributed by atoms with Crippen LogP contribution < -0.4 is 9.54 Å². The Kier molecular flexibility index (Phi) is 5.13. The number of benzene rings is 1. The van der Waals surface area contributed by atoms with Crippen LogP contribution in [0.25, 0.3) is 10.2 Å². The van der Waals surface area contributed by atoms with Crippen LogP contribution >= 0.6 is 22.7 Å². The first-order valence-electron chi connectivity index (χ1n) is 8.70. The van der Waals surface area contributed by atoms with Gasteiger partial charge in [-0.3, -0.25) is 4.79 Å². The second-order valence-electron chi connectivity index (χ2n) is 6.41. The van der Waals surface area contributed by atoms with Gasteiger partial charge in [0.1, 0.15) is 21.5 Å². The van der Waals surface area contributed by atoms with Crippen molar-refractivity contribution in [2.75, 3.05) is 13.7 Å². The lowest BCUT2D eigenvalue weighted by atomic mass is 10.2. The topological polar surface area (TPSA) is 81.0 Å². The molecule has 0 radical (unpaired) electrons. The van der Waals surface area contributed by atoms with Gasteiger partial charge in [-0.2, -0.15) is 9.30 Å². The van der Waals surface area contributed by atoms with Crippen molar-refractivity contribution in [3.8, 4) is 5.75 Å². The van der Waals surface area contributed by atoms with Crippen LogP contribution in [0.5, 0.6) is 5.75 Å². The summed E-state index contributed by atoms with van der Waals surface area (Å²) >= 11 is 2.53. The molecule has 0 spiro atoms. The molecule has 0 aliphatic carbocycles. The monoisotopic (exact) mass is 437 g/mol. The molecule has 28 heavy (non-hydrogen) atoms. The highest BCUT2D eigenvalue weighted by Gasteiger charge is 2.39. The summed E-state index contributed by atoms with van der Waals surface area (Å²) in [7, 11) is -0.260. The highest BCUT2D eigenvalue weighted by molar-refractivity contribution is 7.91. The first kappa shape index (κ1) is 19.3. The highest BCUT2D eigenvalue weighted by Crippen LogP contribution is 2.30. The Morgan fingerprint density at radius 2 is 2.11 bits per heavy atom. The maximum Gasteiger partial charge on any atom is 0.266 e. The highest BCUT2D eigenvalue weighted by atomic mass is 32.2. The number of thiazole rings is 1. The summed E-state index contributed by atoms with van der Waals surface area (Å²) in [5, 5.41) is 1.72. The third-order valence-electron chi connectivity index (χ3n) is 4.76. The number of sulfonamides is 1. The van der Waals surface area contributed by atoms with Gasteiger partial charge in [-0.1, -0.05) is 23.5 Å². The van der Waals surface area contributed by atoms with Gasteiger partial charge in [-0.15, -0.1) is 11.3 Å². The first-order valence-corrected chi connectivity index (χ1v) is 11.8. The molecule has 0 saturated carbocycles. The quantitative estimate of drug-likeness (QED) is 0.628. The fourth-order valence-electron chi connectivity index (χ4n) is 3.41. The molecule has 3 aromatic rings. The largest absolute Gasteiger partial charge is 0.495 e. The molecule has 2 aromatic heterocycles. The van der Waals surface area contributed by atoms with E-state index >= 15 is 0 Å². The Bertz CT molecular complexity index is 1190. The fraction of sp³-hybridized carbons (Fsp3) is 0.333. The summed E-state index contributed by atoms with van der Waals surface area (Å²) in [4.78, 5) is 17.7. The van der Waals surface area contributed by atoms with Crippen LogP contribution in [0.4, 0.5) is 0 Å². The smallest absolute Gasteiger partial charge is 0.266 e. The summed E-state index contributed by atoms with van der Waals surface area (Å²) in [5.41, 5.74) is 0.857. The molecule has 3 heterocycles. The number of para-hydroxylation sites is 1. The van der Waals surface area contributed by atoms with E-state index in [1.807, 2.05) is 29.8 Å². The molecule has 1 fully saturated rings. The van der Waals surface area contributed by atoms with Crippen LogP contribution in [0.2, 0.25) is 0 Å². The minimum atomic E-state index is -3.68. The number of aromatic nitrogens is 1. The molecular formula is C18H19N3O4S3. The van der Waals surface area contributed by atoms with E-state index in [-0.39, 0.29) is 4.21 Å². The SMILES string of the molecule is COc1cccc2sc(=NC(=O)C3CCCN3S(=O)(=O)c3cccs3)n(C)c12. The van der Waals surface area contributed by atoms with Crippen molar-refractivity contribution in [1.29, 1.82) is 0 Å². The summed E-state index contributed by atoms with van der Waals surface area (Å²) in [6.07, 6.45) is 1.12. The number of methoxy groups -OCH3 is 1. The third kappa shape index (κ3) is 3.20. The maximum atomic E-state index is 12.9. The van der Waals surface area contributed by atoms with Crippen molar-refractivity contribution in [1.82, 2.24) is 8.87 Å². The molecule has 1 unspecified atom stereocenters. The number of aryl methyl sites for hydroxylation is 1. The Morgan fingerprint density at radius 1 is 1.29 bits per heavy atom. The number of thiophene rings is 1. The van der Waals surface area contributed by atoms with Crippen LogP contribution in [0.3, 0.4) is 0 Å². The Balaban J connectivity index is 1.72. The number of carbonyl (C=O) groups is 1. The van der Waals surface area contributed by atoms with Crippen LogP contribution in [0, 0.1) is 0 Å². The molecule has 1 saturated heterocycles. The molecule has 0 bridgehead atoms. The number of carbonyl (C=O) groups excluding carboxylic acids is 1. The number of nitrogens with zero attached hydrogens (tertiary/aromatic N) is 3. The molecular weight excluding hydrogens is 418 g/mol. The molecule has 7 nitrogen and oxygen atoms in total. The van der Waals surface area contributed by atoms with Gasteiger partial charge in [0.05, 0.1) is 11.8 Å². The zero-order chi connectivity index (χ0) is 19.9. The summed E-state index contributed by atoms with van der Waals surface area (Å²) < 4.78 is 35.5. The fourth-order valence-corrected chi connectivity index (χ4v) is 7.22. The van der Waals surface area contributed by atoms with Crippen LogP contribution in [-0.4, -0.2) is 42.9 Å². The summed E-state index contributed by atoms with van der Waals surface area (Å²) in [5.74, 6) is 0.270. The average molecular weight is 438 g/mol. The van der Waals surface area contributed by atoms with Crippen molar-refractivity contribution >= 4 is 48.8 Å². The standard InChI is InChI=1S/C18H19N3O4S3/c1-20-16-13(25-2)7-3-8-14(16)27-18(20)19-17(22)12-6-4-10-21(12)28(23,24)15-9-5-11-26-15/h3,5,7-9,11-12H,4,6,10H2,1-2H3. The number of hydrogen-bond donors (Lipinski definition) is 0. The summed E-state index contributed by atoms with van der Waals surface area (Å²) in [6.45, 7) is 0.332. The maximum absolute atomic E-state index is 12.9. The normalized spacial score (nSPS) is 18.8. The molecule has 1 aliphatic heterocycles. The zero-order valence-corrected chi connectivity index (χ0v) is 17.8. The molecule has 1 atom stereocenters. The van der Waals surface area contributed by atoms with Crippen LogP contribution in [-0.2, 0) is 21.9 Å². The molecule has 148 valence electrons. The molecule has 4 rings (SSSR count). The zero-order valence-electron chi connectivity index (χ0n) is 15.4. The number of ether oxygens (including phenoxy) is 1. The van der Waals surface area contributed by atoms with Crippen LogP contribution in [0.1, 0.15) is 12.8 Å². The van der Waals surface area contributed by atoms with Crippen molar-refractivity contribution in [2.24, 2.45) is 12.0 Å². The van der Waals surface area contributed by atoms with Gasteiger partial charge in [-0.25, -0.2) is 8.42 Å². The van der Waals surface area contributed by atoms with E-state index < -0.39 is 22.0 Å². The lowest BCUT2D eigenvalue weighted by Crippen LogP contribution is -2.40. The average Bonchev–Trinajstić information content (AvgIpc) is 3.42. The van der Waals surface area contributed by atoms with Crippen molar-refractivity contribution < 1.29 is 17.9 Å². The Hall–Kier alpha value is -2.01. The van der Waals surface area contributed by atoms with Crippen molar-refractivity contribution in [2.45, 2.75) is 23.1 Å². The van der Waals surface area contributed by atoms with Gasteiger partial charge in [-0.05, 0) is 36.4 Å². The van der Waals surface area contributed by atoms with Gasteiger partial charge >= 0.3 is 0 Å². The van der Waals surface area contributed by atoms with Gasteiger partial charge in [0.2, 0.25) is 0 Å². The van der Waals surface area contributed by atoms with Gasteiger partial charge in [0.25, 0.3) is 15.9 Å². The number of amides is 1. The van der Waals surface area contributed by atoms with Gasteiger partial charge in [0, 0.05) is 13.6 Å². The number of fused-ring (bicyclic) bond motifs is 1. The van der Waals surface area contributed by atoms with Crippen molar-refractivity contribution in [3.05, 3.63) is 40.5 Å². The molecule has 1 aromatic carbocycles. The Morgan fingerprint density at radius 3 is 2.82 bits per heavy atom. The van der Waals surface area contributed by atoms with Gasteiger partial charge in [0.15, 0.2) is 4.80 Å². The Labute approximate surface area is 170 Å². The lowest BCUT2D eigenvalue weighted by Gasteiger charge is -2.20. The van der Waals surface area contributed by atoms with E-state index in [1.165, 1.54) is 15.6 Å². The number of hydrogen-bond acceptors (Lipinski definition) is 6. The predicted molar refractivity (Wildman–Crippen MR) is 109 cm³/mol. The van der Waals surface area contributed by atoms with Gasteiger partial charge < -0.3 is 9.30 Å². The van der Waals surface area contributed by atoms with Crippen molar-refractivity contribution in [3.63, 3.8) is 0 Å². The second-order valence-corrected chi connectivity index (χ2v) is 10.5. The molecule has 1 amide bonds. The third-order valence-corrected chi connectivity index (χ3v) is 9.14. The van der Waals surface area contributed by atoms with E-state index in [1.54, 1.807) is 24.6 Å². The van der Waals surface area contributed by atoms with Crippen LogP contribution in [0.15, 0.2) is 44.9 Å². The molecule has 0 N–H and O–H groups in total. The minimum Gasteiger partial charge on any atom is -0.495 e. The minimum absolute atomic E-state index is 0.254. The summed E-state index contributed by atoms with van der Waals surface area (Å²) in [6, 6.07) is 8.17. The molecule has 10 heteroatoms. The molecule has 1 aliphatic rings. The van der Waals surface area contributed by atoms with E-state index in [4.69, 9.17) is 4.74 Å². The second kappa shape index (κ2) is 7.43. The number of rotatable bonds is 4. The lowest BCUT2D eigenvalue weighted by molar-refractivity contribution is -0.121. The van der Waals surface area contributed by atoms with E-state index in [2.05, 4.69) is 4.99 Å². The predicted octanol–water partition coefficient (Wildman–Crippen LogP) is 2.59. The van der Waals surface area contributed by atoms with E-state index in [0.29, 0.717) is 29.9 Å². The van der Waals surface area contributed by atoms with E-state index in [9.17, 15) is 13.2 Å². The first-order chi connectivity index (χ1) is 13.4.